The van der Waals surface area contributed by atoms with Crippen molar-refractivity contribution in [3.8, 4) is 0 Å². The minimum absolute atomic E-state index is 0.290. The fourth-order valence-electron chi connectivity index (χ4n) is 3.26. The van der Waals surface area contributed by atoms with E-state index in [4.69, 9.17) is 0 Å². The summed E-state index contributed by atoms with van der Waals surface area (Å²) in [6.07, 6.45) is 2.52. The lowest BCUT2D eigenvalue weighted by molar-refractivity contribution is 0.628. The van der Waals surface area contributed by atoms with Crippen LogP contribution in [-0.2, 0) is 0 Å². The van der Waals surface area contributed by atoms with Gasteiger partial charge in [-0.3, -0.25) is 0 Å². The summed E-state index contributed by atoms with van der Waals surface area (Å²) in [6.45, 7) is 4.16. The highest BCUT2D eigenvalue weighted by molar-refractivity contribution is 5.62. The van der Waals surface area contributed by atoms with Crippen LogP contribution in [0.5, 0.6) is 0 Å². The third-order valence-electron chi connectivity index (χ3n) is 4.55. The zero-order valence-electron chi connectivity index (χ0n) is 15.2. The van der Waals surface area contributed by atoms with Gasteiger partial charge in [-0.05, 0) is 62.2 Å². The lowest BCUT2D eigenvalue weighted by Gasteiger charge is -2.18. The topological polar surface area (TPSA) is 53.1 Å². The molecule has 2 aromatic carbocycles. The molecule has 1 fully saturated rings. The Hall–Kier alpha value is -3.15. The Morgan fingerprint density at radius 3 is 2.41 bits per heavy atom. The molecule has 0 saturated carbocycles. The van der Waals surface area contributed by atoms with Crippen LogP contribution in [0.25, 0.3) is 0 Å². The normalized spacial score (nSPS) is 13.6. The molecule has 6 heteroatoms. The molecule has 138 valence electrons. The van der Waals surface area contributed by atoms with Gasteiger partial charge in [0, 0.05) is 41.9 Å². The van der Waals surface area contributed by atoms with Crippen molar-refractivity contribution in [2.75, 3.05) is 28.6 Å². The van der Waals surface area contributed by atoms with Crippen molar-refractivity contribution in [1.82, 2.24) is 9.97 Å². The summed E-state index contributed by atoms with van der Waals surface area (Å²) in [6, 6.07) is 16.4. The number of nitrogens with one attached hydrogen (secondary N) is 2. The molecule has 27 heavy (non-hydrogen) atoms. The number of hydrogen-bond donors (Lipinski definition) is 2. The first-order chi connectivity index (χ1) is 13.2. The monoisotopic (exact) mass is 363 g/mol. The summed E-state index contributed by atoms with van der Waals surface area (Å²) < 4.78 is 13.4. The molecule has 0 radical (unpaired) electrons. The van der Waals surface area contributed by atoms with Gasteiger partial charge in [0.15, 0.2) is 0 Å². The average molecular weight is 363 g/mol. The standard InChI is InChI=1S/C21H22FN5/c1-15-13-20(24-18-6-4-5-16(22)14-18)26-21(23-15)25-17-7-9-19(10-8-17)27-11-2-3-12-27/h4-10,13-14H,2-3,11-12H2,1H3,(H2,23,24,25,26). The van der Waals surface area contributed by atoms with Gasteiger partial charge in [0.05, 0.1) is 0 Å². The summed E-state index contributed by atoms with van der Waals surface area (Å²) in [5.74, 6) is 0.828. The number of hydrogen-bond acceptors (Lipinski definition) is 5. The van der Waals surface area contributed by atoms with E-state index in [1.807, 2.05) is 25.1 Å². The molecule has 1 aromatic heterocycles. The van der Waals surface area contributed by atoms with Crippen LogP contribution in [0.3, 0.4) is 0 Å². The number of benzene rings is 2. The van der Waals surface area contributed by atoms with Gasteiger partial charge >= 0.3 is 0 Å². The lowest BCUT2D eigenvalue weighted by atomic mass is 10.2. The number of halogens is 1. The number of nitrogens with zero attached hydrogens (tertiary/aromatic N) is 3. The van der Waals surface area contributed by atoms with Crippen molar-refractivity contribution in [3.63, 3.8) is 0 Å². The molecule has 0 unspecified atom stereocenters. The molecule has 1 aliphatic heterocycles. The van der Waals surface area contributed by atoms with Gasteiger partial charge < -0.3 is 15.5 Å². The van der Waals surface area contributed by atoms with Crippen LogP contribution in [0.4, 0.5) is 33.2 Å². The average Bonchev–Trinajstić information content (AvgIpc) is 3.16. The number of anilines is 5. The SMILES string of the molecule is Cc1cc(Nc2cccc(F)c2)nc(Nc2ccc(N3CCCC3)cc2)n1. The minimum Gasteiger partial charge on any atom is -0.372 e. The van der Waals surface area contributed by atoms with E-state index in [2.05, 4.69) is 37.6 Å². The minimum atomic E-state index is -0.290. The second-order valence-corrected chi connectivity index (χ2v) is 6.72. The molecule has 0 atom stereocenters. The Balaban J connectivity index is 1.49. The van der Waals surface area contributed by atoms with E-state index in [9.17, 15) is 4.39 Å². The zero-order valence-corrected chi connectivity index (χ0v) is 15.2. The fourth-order valence-corrected chi connectivity index (χ4v) is 3.26. The van der Waals surface area contributed by atoms with Crippen molar-refractivity contribution in [2.24, 2.45) is 0 Å². The van der Waals surface area contributed by atoms with E-state index in [0.29, 0.717) is 17.5 Å². The van der Waals surface area contributed by atoms with Gasteiger partial charge in [-0.15, -0.1) is 0 Å². The first kappa shape index (κ1) is 17.3. The van der Waals surface area contributed by atoms with Crippen molar-refractivity contribution in [1.29, 1.82) is 0 Å². The van der Waals surface area contributed by atoms with Crippen LogP contribution < -0.4 is 15.5 Å². The molecule has 0 spiro atoms. The molecule has 0 amide bonds. The highest BCUT2D eigenvalue weighted by atomic mass is 19.1. The third kappa shape index (κ3) is 4.34. The Morgan fingerprint density at radius 2 is 1.67 bits per heavy atom. The van der Waals surface area contributed by atoms with Gasteiger partial charge in [0.2, 0.25) is 5.95 Å². The zero-order chi connectivity index (χ0) is 18.6. The molecule has 5 nitrogen and oxygen atoms in total. The van der Waals surface area contributed by atoms with E-state index in [-0.39, 0.29) is 5.82 Å². The van der Waals surface area contributed by atoms with Crippen molar-refractivity contribution in [3.05, 3.63) is 66.1 Å². The maximum atomic E-state index is 13.4. The molecule has 2 N–H and O–H groups in total. The Bertz CT molecular complexity index is 920. The van der Waals surface area contributed by atoms with Gasteiger partial charge in [0.25, 0.3) is 0 Å². The molecule has 1 aliphatic rings. The molecular weight excluding hydrogens is 341 g/mol. The second-order valence-electron chi connectivity index (χ2n) is 6.72. The van der Waals surface area contributed by atoms with Gasteiger partial charge in [-0.1, -0.05) is 6.07 Å². The lowest BCUT2D eigenvalue weighted by Crippen LogP contribution is -2.17. The Labute approximate surface area is 158 Å². The fraction of sp³-hybridized carbons (Fsp3) is 0.238. The van der Waals surface area contributed by atoms with Gasteiger partial charge in [-0.2, -0.15) is 4.98 Å². The Morgan fingerprint density at radius 1 is 0.889 bits per heavy atom. The van der Waals surface area contributed by atoms with E-state index in [1.165, 1.54) is 30.7 Å². The van der Waals surface area contributed by atoms with Gasteiger partial charge in [-0.25, -0.2) is 9.37 Å². The Kier molecular flexibility index (Phi) is 4.87. The molecule has 3 aromatic rings. The highest BCUT2D eigenvalue weighted by Gasteiger charge is 2.12. The largest absolute Gasteiger partial charge is 0.372 e. The first-order valence-corrected chi connectivity index (χ1v) is 9.16. The predicted octanol–water partition coefficient (Wildman–Crippen LogP) is 5.01. The second kappa shape index (κ2) is 7.61. The van der Waals surface area contributed by atoms with Crippen LogP contribution >= 0.6 is 0 Å². The summed E-state index contributed by atoms with van der Waals surface area (Å²) in [4.78, 5) is 11.3. The van der Waals surface area contributed by atoms with Crippen LogP contribution in [0.15, 0.2) is 54.6 Å². The molecule has 1 saturated heterocycles. The van der Waals surface area contributed by atoms with Crippen molar-refractivity contribution < 1.29 is 4.39 Å². The van der Waals surface area contributed by atoms with Crippen molar-refractivity contribution in [2.45, 2.75) is 19.8 Å². The summed E-state index contributed by atoms with van der Waals surface area (Å²) in [7, 11) is 0. The quantitative estimate of drug-likeness (QED) is 0.667. The molecule has 0 aliphatic carbocycles. The number of rotatable bonds is 5. The van der Waals surface area contributed by atoms with E-state index >= 15 is 0 Å². The van der Waals surface area contributed by atoms with Crippen LogP contribution in [0, 0.1) is 12.7 Å². The van der Waals surface area contributed by atoms with Gasteiger partial charge in [0.1, 0.15) is 11.6 Å². The molecule has 0 bridgehead atoms. The van der Waals surface area contributed by atoms with Crippen LogP contribution in [0.2, 0.25) is 0 Å². The smallest absolute Gasteiger partial charge is 0.229 e. The molecular formula is C21H22FN5. The summed E-state index contributed by atoms with van der Waals surface area (Å²) in [5.41, 5.74) is 3.64. The maximum Gasteiger partial charge on any atom is 0.229 e. The number of aromatic nitrogens is 2. The van der Waals surface area contributed by atoms with E-state index < -0.39 is 0 Å². The summed E-state index contributed by atoms with van der Waals surface area (Å²) >= 11 is 0. The molecule has 4 rings (SSSR count). The van der Waals surface area contributed by atoms with E-state index in [0.717, 1.165) is 24.5 Å². The molecule has 2 heterocycles. The van der Waals surface area contributed by atoms with Crippen molar-refractivity contribution >= 4 is 28.8 Å². The maximum absolute atomic E-state index is 13.4. The van der Waals surface area contributed by atoms with Crippen LogP contribution in [0.1, 0.15) is 18.5 Å². The van der Waals surface area contributed by atoms with E-state index in [1.54, 1.807) is 12.1 Å². The summed E-state index contributed by atoms with van der Waals surface area (Å²) in [5, 5.41) is 6.37. The predicted molar refractivity (Wildman–Crippen MR) is 108 cm³/mol. The van der Waals surface area contributed by atoms with Crippen LogP contribution in [-0.4, -0.2) is 23.1 Å². The third-order valence-corrected chi connectivity index (χ3v) is 4.55. The first-order valence-electron chi connectivity index (χ1n) is 9.16. The highest BCUT2D eigenvalue weighted by Crippen LogP contribution is 2.24. The number of aryl methyl sites for hydroxylation is 1.